The van der Waals surface area contributed by atoms with E-state index >= 15 is 0 Å². The van der Waals surface area contributed by atoms with E-state index in [1.807, 2.05) is 0 Å². The monoisotopic (exact) mass is 822 g/mol. The molecule has 0 bridgehead atoms. The van der Waals surface area contributed by atoms with Crippen LogP contribution < -0.4 is 22.5 Å². The Morgan fingerprint density at radius 2 is 0.941 bits per heavy atom. The van der Waals surface area contributed by atoms with Gasteiger partial charge in [-0.05, 0) is 0 Å². The van der Waals surface area contributed by atoms with Gasteiger partial charge in [0.25, 0.3) is 11.1 Å². The maximum Gasteiger partial charge on any atom is 0.495 e. The molecule has 0 spiro atoms. The molecule has 33 heteroatoms. The van der Waals surface area contributed by atoms with Crippen molar-refractivity contribution in [3.8, 4) is 0 Å². The highest BCUT2D eigenvalue weighted by molar-refractivity contribution is 7.70. The Kier molecular flexibility index (Phi) is 12.3. The third-order valence-corrected chi connectivity index (χ3v) is 12.3. The second kappa shape index (κ2) is 15.2. The summed E-state index contributed by atoms with van der Waals surface area (Å²) in [4.78, 5) is 87.6. The van der Waals surface area contributed by atoms with Gasteiger partial charge < -0.3 is 59.7 Å². The van der Waals surface area contributed by atoms with Gasteiger partial charge in [0.15, 0.2) is 25.0 Å². The first kappa shape index (κ1) is 41.4. The van der Waals surface area contributed by atoms with Crippen LogP contribution in [-0.2, 0) is 49.7 Å². The third-order valence-electron chi connectivity index (χ3n) is 6.45. The van der Waals surface area contributed by atoms with Crippen LogP contribution in [0.1, 0.15) is 12.5 Å². The van der Waals surface area contributed by atoms with Crippen molar-refractivity contribution < 1.29 is 99.9 Å². The molecule has 0 aromatic carbocycles. The molecule has 288 valence electrons. The van der Waals surface area contributed by atoms with Gasteiger partial charge in [0.2, 0.25) is 0 Å². The first-order valence-electron chi connectivity index (χ1n) is 13.2. The first-order chi connectivity index (χ1) is 23.3. The largest absolute Gasteiger partial charge is 0.495 e. The van der Waals surface area contributed by atoms with E-state index in [1.54, 1.807) is 9.97 Å². The van der Waals surface area contributed by atoms with Gasteiger partial charge in [-0.1, -0.05) is 0 Å². The fourth-order valence-corrected chi connectivity index (χ4v) is 9.66. The number of phosphoric acid groups is 4. The Labute approximate surface area is 278 Å². The second-order valence-corrected chi connectivity index (χ2v) is 16.2. The van der Waals surface area contributed by atoms with Crippen LogP contribution in [0.15, 0.2) is 43.7 Å². The number of aromatic amines is 2. The maximum atomic E-state index is 13.4. The molecule has 2 aromatic rings. The number of nitrogens with zero attached hydrogens (tertiary/aromatic N) is 2. The Bertz CT molecular complexity index is 1880. The van der Waals surface area contributed by atoms with Gasteiger partial charge >= 0.3 is 42.7 Å². The Hall–Kier alpha value is -2.40. The average Bonchev–Trinajstić information content (AvgIpc) is 3.41. The van der Waals surface area contributed by atoms with Crippen LogP contribution in [0, 0.1) is 0 Å². The molecule has 2 aliphatic heterocycles. The minimum Gasteiger partial charge on any atom is -0.387 e. The van der Waals surface area contributed by atoms with Crippen molar-refractivity contribution >= 4 is 31.3 Å². The number of aliphatic hydroxyl groups is 6. The zero-order valence-corrected chi connectivity index (χ0v) is 27.9. The lowest BCUT2D eigenvalue weighted by Gasteiger charge is -2.29. The lowest BCUT2D eigenvalue weighted by molar-refractivity contribution is -0.166. The molecule has 12 atom stereocenters. The van der Waals surface area contributed by atoms with Crippen molar-refractivity contribution in [3.05, 3.63) is 66.2 Å². The molecule has 0 amide bonds. The van der Waals surface area contributed by atoms with Gasteiger partial charge in [0, 0.05) is 24.5 Å². The van der Waals surface area contributed by atoms with Gasteiger partial charge in [-0.25, -0.2) is 27.8 Å². The zero-order valence-electron chi connectivity index (χ0n) is 24.4. The van der Waals surface area contributed by atoms with Crippen LogP contribution in [0.5, 0.6) is 0 Å². The highest BCUT2D eigenvalue weighted by Gasteiger charge is 2.56. The van der Waals surface area contributed by atoms with Crippen LogP contribution in [0.25, 0.3) is 0 Å². The van der Waals surface area contributed by atoms with E-state index in [0.717, 1.165) is 24.5 Å². The van der Waals surface area contributed by atoms with Gasteiger partial charge in [0.1, 0.15) is 36.6 Å². The quantitative estimate of drug-likeness (QED) is 0.0624. The summed E-state index contributed by atoms with van der Waals surface area (Å²) in [5.74, 6) is 0. The van der Waals surface area contributed by atoms with Crippen LogP contribution >= 0.6 is 31.3 Å². The standard InChI is InChI=1S/C18H26N4O25P4/c23-5-1-3-21(17(31)19-5)13-9(27)7(25)11(41-13)15(29)43-50(39,45-48(33,34)35)47-51(40,46-49(36,37)38)44-16(30)12-8(26)10(28)14(42-12)22-4-2-6(24)20-18(22)32/h1-4,7-16,25-30H,(H,19,23,31)(H,20,24,32)(H2,33,34,35)(H2,36,37,38)/t7-,8-,9+,10+,11-,12-,13+,14+,15?,16?,50?,51?/m0/s1. The number of aliphatic hydroxyl groups excluding tert-OH is 6. The second-order valence-electron chi connectivity index (χ2n) is 10.1. The normalized spacial score (nSPS) is 30.8. The van der Waals surface area contributed by atoms with Crippen molar-refractivity contribution in [2.75, 3.05) is 0 Å². The van der Waals surface area contributed by atoms with Gasteiger partial charge in [-0.15, -0.1) is 0 Å². The van der Waals surface area contributed by atoms with Crippen molar-refractivity contribution in [2.24, 2.45) is 0 Å². The lowest BCUT2D eigenvalue weighted by atomic mass is 10.1. The van der Waals surface area contributed by atoms with Gasteiger partial charge in [-0.3, -0.25) is 37.7 Å². The number of hydrogen-bond donors (Lipinski definition) is 12. The third kappa shape index (κ3) is 9.98. The smallest absolute Gasteiger partial charge is 0.387 e. The summed E-state index contributed by atoms with van der Waals surface area (Å²) in [7, 11) is -25.7. The summed E-state index contributed by atoms with van der Waals surface area (Å²) < 4.78 is 81.7. The predicted octanol–water partition coefficient (Wildman–Crippen LogP) is -5.55. The van der Waals surface area contributed by atoms with E-state index < -0.39 is 115 Å². The summed E-state index contributed by atoms with van der Waals surface area (Å²) in [6.07, 6.45) is -22.5. The van der Waals surface area contributed by atoms with Crippen molar-refractivity contribution in [1.82, 2.24) is 19.1 Å². The number of aromatic nitrogens is 4. The van der Waals surface area contributed by atoms with E-state index in [9.17, 15) is 87.7 Å². The fraction of sp³-hybridized carbons (Fsp3) is 0.556. The summed E-state index contributed by atoms with van der Waals surface area (Å²) in [5, 5.41) is 62.5. The Balaban J connectivity index is 1.61. The predicted molar refractivity (Wildman–Crippen MR) is 151 cm³/mol. The van der Waals surface area contributed by atoms with E-state index in [2.05, 4.69) is 22.0 Å². The number of nitrogens with one attached hydrogen (secondary N) is 2. The van der Waals surface area contributed by atoms with Crippen molar-refractivity contribution in [1.29, 1.82) is 0 Å². The van der Waals surface area contributed by atoms with Crippen LogP contribution in [-0.4, -0.2) is 119 Å². The van der Waals surface area contributed by atoms with E-state index in [4.69, 9.17) is 9.47 Å². The number of rotatable bonds is 14. The summed E-state index contributed by atoms with van der Waals surface area (Å²) >= 11 is 0. The minimum absolute atomic E-state index is 0.468. The van der Waals surface area contributed by atoms with Crippen LogP contribution in [0.4, 0.5) is 0 Å². The summed E-state index contributed by atoms with van der Waals surface area (Å²) in [6.45, 7) is 0. The summed E-state index contributed by atoms with van der Waals surface area (Å²) in [6, 6.07) is 1.51. The molecular weight excluding hydrogens is 796 g/mol. The summed E-state index contributed by atoms with van der Waals surface area (Å²) in [5.41, 5.74) is -4.30. The van der Waals surface area contributed by atoms with E-state index in [1.165, 1.54) is 0 Å². The molecule has 4 rings (SSSR count). The molecule has 4 heterocycles. The highest BCUT2D eigenvalue weighted by atomic mass is 31.3. The highest BCUT2D eigenvalue weighted by Crippen LogP contribution is 2.74. The van der Waals surface area contributed by atoms with E-state index in [0.29, 0.717) is 9.13 Å². The van der Waals surface area contributed by atoms with Crippen molar-refractivity contribution in [3.63, 3.8) is 0 Å². The molecule has 2 saturated heterocycles. The topological polar surface area (TPSA) is 445 Å². The molecule has 51 heavy (non-hydrogen) atoms. The average molecular weight is 822 g/mol. The molecule has 29 nitrogen and oxygen atoms in total. The van der Waals surface area contributed by atoms with Gasteiger partial charge in [-0.2, -0.15) is 12.9 Å². The fourth-order valence-electron chi connectivity index (χ4n) is 4.43. The molecule has 0 saturated carbocycles. The molecule has 0 radical (unpaired) electrons. The first-order valence-corrected chi connectivity index (χ1v) is 19.1. The number of H-pyrrole nitrogens is 2. The number of ether oxygens (including phenoxy) is 2. The molecular formula is C18H26N4O25P4. The molecule has 2 aliphatic rings. The minimum atomic E-state index is -6.60. The molecule has 2 fully saturated rings. The Morgan fingerprint density at radius 1 is 0.608 bits per heavy atom. The lowest BCUT2D eigenvalue weighted by Crippen LogP contribution is -2.40. The molecule has 2 aromatic heterocycles. The molecule has 0 aliphatic carbocycles. The maximum absolute atomic E-state index is 13.4. The van der Waals surface area contributed by atoms with Gasteiger partial charge in [0.05, 0.1) is 0 Å². The number of hydrogen-bond acceptors (Lipinski definition) is 21. The van der Waals surface area contributed by atoms with Crippen LogP contribution in [0.2, 0.25) is 0 Å². The molecule has 4 unspecified atom stereocenters. The van der Waals surface area contributed by atoms with Crippen molar-refractivity contribution in [2.45, 2.75) is 61.7 Å². The zero-order chi connectivity index (χ0) is 38.4. The Morgan fingerprint density at radius 3 is 1.24 bits per heavy atom. The van der Waals surface area contributed by atoms with Crippen LogP contribution in [0.3, 0.4) is 0 Å². The molecule has 12 N–H and O–H groups in total. The SMILES string of the molecule is O=c1ccn([C@@H]2O[C@H](C(O)OP(=O)(OP(=O)(O)O)OP(=O)(OC(O)[C@H]3O[C@@H](n4ccc(=O)[nH]c4=O)[C@H](O)[C@@H]3O)OP(=O)(O)O)[C@@H](O)[C@H]2O)c(=O)[nH]1. The van der Waals surface area contributed by atoms with E-state index in [-0.39, 0.29) is 0 Å².